The van der Waals surface area contributed by atoms with Gasteiger partial charge in [-0.15, -0.1) is 0 Å². The molecule has 0 aliphatic carbocycles. The lowest BCUT2D eigenvalue weighted by Gasteiger charge is -2.16. The van der Waals surface area contributed by atoms with E-state index in [1.54, 1.807) is 4.90 Å². The van der Waals surface area contributed by atoms with Crippen LogP contribution in [-0.4, -0.2) is 38.1 Å². The summed E-state index contributed by atoms with van der Waals surface area (Å²) in [6, 6.07) is 10.3. The maximum atomic E-state index is 11.4. The van der Waals surface area contributed by atoms with Crippen LogP contribution in [-0.2, 0) is 16.0 Å². The number of aryl methyl sites for hydroxylation is 1. The highest BCUT2D eigenvalue weighted by Gasteiger charge is 2.06. The van der Waals surface area contributed by atoms with E-state index < -0.39 is 0 Å². The Morgan fingerprint density at radius 3 is 2.62 bits per heavy atom. The lowest BCUT2D eigenvalue weighted by Crippen LogP contribution is -2.31. The number of carbonyl (C=O) groups excluding carboxylic acids is 1. The Labute approximate surface area is 97.0 Å². The maximum absolute atomic E-state index is 11.4. The topological polar surface area (TPSA) is 29.5 Å². The zero-order valence-corrected chi connectivity index (χ0v) is 9.98. The van der Waals surface area contributed by atoms with Crippen LogP contribution < -0.4 is 0 Å². The molecule has 0 aromatic heterocycles. The van der Waals surface area contributed by atoms with Crippen LogP contribution in [0.3, 0.4) is 0 Å². The molecule has 0 aliphatic rings. The van der Waals surface area contributed by atoms with E-state index in [2.05, 4.69) is 12.1 Å². The molecule has 0 unspecified atom stereocenters. The SMILES string of the molecule is COCC(=O)N(C)CCCc1ccccc1. The van der Waals surface area contributed by atoms with Gasteiger partial charge in [-0.2, -0.15) is 0 Å². The third-order valence-corrected chi connectivity index (χ3v) is 2.50. The van der Waals surface area contributed by atoms with Crippen molar-refractivity contribution in [1.29, 1.82) is 0 Å². The minimum absolute atomic E-state index is 0.0376. The number of amides is 1. The summed E-state index contributed by atoms with van der Waals surface area (Å²) >= 11 is 0. The van der Waals surface area contributed by atoms with Gasteiger partial charge in [0.1, 0.15) is 6.61 Å². The van der Waals surface area contributed by atoms with Crippen LogP contribution in [0.4, 0.5) is 0 Å². The summed E-state index contributed by atoms with van der Waals surface area (Å²) in [4.78, 5) is 13.1. The zero-order valence-electron chi connectivity index (χ0n) is 9.98. The molecule has 0 heterocycles. The minimum Gasteiger partial charge on any atom is -0.375 e. The van der Waals surface area contributed by atoms with Gasteiger partial charge in [0, 0.05) is 20.7 Å². The van der Waals surface area contributed by atoms with Gasteiger partial charge in [-0.05, 0) is 18.4 Å². The van der Waals surface area contributed by atoms with E-state index in [9.17, 15) is 4.79 Å². The Hall–Kier alpha value is -1.35. The first kappa shape index (κ1) is 12.7. The van der Waals surface area contributed by atoms with E-state index in [0.29, 0.717) is 0 Å². The third-order valence-electron chi connectivity index (χ3n) is 2.50. The number of hydrogen-bond donors (Lipinski definition) is 0. The molecule has 0 fully saturated rings. The summed E-state index contributed by atoms with van der Waals surface area (Å²) in [6.07, 6.45) is 1.99. The lowest BCUT2D eigenvalue weighted by molar-refractivity contribution is -0.133. The van der Waals surface area contributed by atoms with Crippen molar-refractivity contribution in [1.82, 2.24) is 4.90 Å². The van der Waals surface area contributed by atoms with E-state index in [0.717, 1.165) is 19.4 Å². The van der Waals surface area contributed by atoms with Crippen LogP contribution in [0.25, 0.3) is 0 Å². The van der Waals surface area contributed by atoms with Crippen molar-refractivity contribution in [3.8, 4) is 0 Å². The monoisotopic (exact) mass is 221 g/mol. The quantitative estimate of drug-likeness (QED) is 0.732. The molecule has 16 heavy (non-hydrogen) atoms. The molecule has 1 rings (SSSR count). The Balaban J connectivity index is 2.23. The fraction of sp³-hybridized carbons (Fsp3) is 0.462. The van der Waals surface area contributed by atoms with Crippen molar-refractivity contribution in [3.63, 3.8) is 0 Å². The molecule has 0 saturated carbocycles. The number of likely N-dealkylation sites (N-methyl/N-ethyl adjacent to an activating group) is 1. The van der Waals surface area contributed by atoms with Gasteiger partial charge in [-0.1, -0.05) is 30.3 Å². The molecule has 0 bridgehead atoms. The summed E-state index contributed by atoms with van der Waals surface area (Å²) in [5.74, 6) is 0.0376. The van der Waals surface area contributed by atoms with Crippen LogP contribution in [0.2, 0.25) is 0 Å². The number of hydrogen-bond acceptors (Lipinski definition) is 2. The first-order valence-electron chi connectivity index (χ1n) is 5.51. The second kappa shape index (κ2) is 7.01. The molecule has 0 saturated heterocycles. The Morgan fingerprint density at radius 2 is 2.00 bits per heavy atom. The molecule has 3 heteroatoms. The summed E-state index contributed by atoms with van der Waals surface area (Å²) < 4.78 is 4.80. The van der Waals surface area contributed by atoms with Crippen molar-refractivity contribution in [2.24, 2.45) is 0 Å². The summed E-state index contributed by atoms with van der Waals surface area (Å²) in [7, 11) is 3.35. The predicted octanol–water partition coefficient (Wildman–Crippen LogP) is 1.72. The standard InChI is InChI=1S/C13H19NO2/c1-14(13(15)11-16-2)10-6-9-12-7-4-3-5-8-12/h3-5,7-8H,6,9-11H2,1-2H3. The van der Waals surface area contributed by atoms with E-state index >= 15 is 0 Å². The number of rotatable bonds is 6. The number of methoxy groups -OCH3 is 1. The molecule has 1 amide bonds. The van der Waals surface area contributed by atoms with Gasteiger partial charge in [0.2, 0.25) is 5.91 Å². The molecule has 1 aromatic carbocycles. The molecule has 0 spiro atoms. The molecule has 0 N–H and O–H groups in total. The molecular weight excluding hydrogens is 202 g/mol. The van der Waals surface area contributed by atoms with E-state index in [1.807, 2.05) is 25.2 Å². The highest BCUT2D eigenvalue weighted by atomic mass is 16.5. The van der Waals surface area contributed by atoms with Gasteiger partial charge in [0.05, 0.1) is 0 Å². The number of carbonyl (C=O) groups is 1. The molecular formula is C13H19NO2. The van der Waals surface area contributed by atoms with E-state index in [1.165, 1.54) is 12.7 Å². The van der Waals surface area contributed by atoms with E-state index in [-0.39, 0.29) is 12.5 Å². The Kier molecular flexibility index (Phi) is 5.57. The second-order valence-electron chi connectivity index (χ2n) is 3.84. The average molecular weight is 221 g/mol. The van der Waals surface area contributed by atoms with Gasteiger partial charge in [0.15, 0.2) is 0 Å². The first-order chi connectivity index (χ1) is 7.74. The number of ether oxygens (including phenoxy) is 1. The fourth-order valence-electron chi connectivity index (χ4n) is 1.52. The fourth-order valence-corrected chi connectivity index (χ4v) is 1.52. The number of nitrogens with zero attached hydrogens (tertiary/aromatic N) is 1. The van der Waals surface area contributed by atoms with Gasteiger partial charge >= 0.3 is 0 Å². The summed E-state index contributed by atoms with van der Waals surface area (Å²) in [5, 5.41) is 0. The van der Waals surface area contributed by atoms with Crippen molar-refractivity contribution in [2.45, 2.75) is 12.8 Å². The van der Waals surface area contributed by atoms with Crippen LogP contribution in [0, 0.1) is 0 Å². The third kappa shape index (κ3) is 4.45. The average Bonchev–Trinajstić information content (AvgIpc) is 2.30. The molecule has 0 atom stereocenters. The van der Waals surface area contributed by atoms with Crippen molar-refractivity contribution >= 4 is 5.91 Å². The Bertz CT molecular complexity index is 311. The van der Waals surface area contributed by atoms with Crippen molar-refractivity contribution < 1.29 is 9.53 Å². The predicted molar refractivity (Wildman–Crippen MR) is 64.3 cm³/mol. The van der Waals surface area contributed by atoms with Crippen molar-refractivity contribution in [2.75, 3.05) is 27.3 Å². The minimum atomic E-state index is 0.0376. The maximum Gasteiger partial charge on any atom is 0.248 e. The number of benzene rings is 1. The van der Waals surface area contributed by atoms with Crippen LogP contribution >= 0.6 is 0 Å². The first-order valence-corrected chi connectivity index (χ1v) is 5.51. The highest BCUT2D eigenvalue weighted by molar-refractivity contribution is 5.77. The smallest absolute Gasteiger partial charge is 0.248 e. The van der Waals surface area contributed by atoms with Crippen LogP contribution in [0.15, 0.2) is 30.3 Å². The van der Waals surface area contributed by atoms with Gasteiger partial charge in [-0.3, -0.25) is 4.79 Å². The molecule has 0 radical (unpaired) electrons. The van der Waals surface area contributed by atoms with Crippen LogP contribution in [0.5, 0.6) is 0 Å². The van der Waals surface area contributed by atoms with Crippen LogP contribution in [0.1, 0.15) is 12.0 Å². The van der Waals surface area contributed by atoms with Gasteiger partial charge < -0.3 is 9.64 Å². The normalized spacial score (nSPS) is 10.1. The second-order valence-corrected chi connectivity index (χ2v) is 3.84. The summed E-state index contributed by atoms with van der Waals surface area (Å²) in [5.41, 5.74) is 1.31. The van der Waals surface area contributed by atoms with Gasteiger partial charge in [0.25, 0.3) is 0 Å². The molecule has 88 valence electrons. The van der Waals surface area contributed by atoms with Gasteiger partial charge in [-0.25, -0.2) is 0 Å². The molecule has 1 aromatic rings. The largest absolute Gasteiger partial charge is 0.375 e. The van der Waals surface area contributed by atoms with E-state index in [4.69, 9.17) is 4.74 Å². The zero-order chi connectivity index (χ0) is 11.8. The molecule has 0 aliphatic heterocycles. The van der Waals surface area contributed by atoms with Crippen molar-refractivity contribution in [3.05, 3.63) is 35.9 Å². The Morgan fingerprint density at radius 1 is 1.31 bits per heavy atom. The molecule has 3 nitrogen and oxygen atoms in total. The summed E-state index contributed by atoms with van der Waals surface area (Å²) in [6.45, 7) is 0.943. The highest BCUT2D eigenvalue weighted by Crippen LogP contribution is 2.03. The lowest BCUT2D eigenvalue weighted by atomic mass is 10.1.